The molecule has 1 fully saturated rings. The minimum Gasteiger partial charge on any atom is -0.394 e. The molecular formula is C25H27N5O4. The predicted octanol–water partition coefficient (Wildman–Crippen LogP) is 2.07. The number of fused-ring (bicyclic) bond motifs is 1. The molecule has 34 heavy (non-hydrogen) atoms. The first-order chi connectivity index (χ1) is 16.7. The number of aliphatic hydroxyl groups is 3. The number of anilines is 1. The number of hydrogen-bond acceptors (Lipinski definition) is 8. The van der Waals surface area contributed by atoms with Crippen LogP contribution in [0.5, 0.6) is 0 Å². The zero-order valence-electron chi connectivity index (χ0n) is 18.5. The summed E-state index contributed by atoms with van der Waals surface area (Å²) in [5, 5.41) is 33.2. The molecule has 2 aromatic heterocycles. The molecule has 0 amide bonds. The van der Waals surface area contributed by atoms with Crippen molar-refractivity contribution in [2.75, 3.05) is 18.5 Å². The van der Waals surface area contributed by atoms with Gasteiger partial charge in [-0.15, -0.1) is 0 Å². The molecule has 9 nitrogen and oxygen atoms in total. The quantitative estimate of drug-likeness (QED) is 0.314. The molecule has 1 unspecified atom stereocenters. The molecule has 176 valence electrons. The van der Waals surface area contributed by atoms with E-state index in [1.165, 1.54) is 23.8 Å². The maximum atomic E-state index is 10.4. The minimum absolute atomic E-state index is 0.226. The number of aromatic nitrogens is 4. The Kier molecular flexibility index (Phi) is 6.50. The Balaban J connectivity index is 1.35. The summed E-state index contributed by atoms with van der Waals surface area (Å²) in [5.41, 5.74) is 3.50. The van der Waals surface area contributed by atoms with Crippen molar-refractivity contribution in [1.82, 2.24) is 19.5 Å². The first kappa shape index (κ1) is 22.4. The average molecular weight is 462 g/mol. The van der Waals surface area contributed by atoms with Crippen molar-refractivity contribution < 1.29 is 20.1 Å². The summed E-state index contributed by atoms with van der Waals surface area (Å²) in [6.45, 7) is 0.258. The summed E-state index contributed by atoms with van der Waals surface area (Å²) in [5.74, 6) is 0.805. The lowest BCUT2D eigenvalue weighted by atomic mass is 9.88. The second-order valence-electron chi connectivity index (χ2n) is 8.36. The van der Waals surface area contributed by atoms with E-state index in [1.54, 1.807) is 4.57 Å². The Labute approximate surface area is 196 Å². The van der Waals surface area contributed by atoms with Crippen LogP contribution in [0.25, 0.3) is 11.2 Å². The molecule has 4 N–H and O–H groups in total. The monoisotopic (exact) mass is 461 g/mol. The van der Waals surface area contributed by atoms with E-state index in [0.29, 0.717) is 23.5 Å². The molecule has 1 aliphatic rings. The van der Waals surface area contributed by atoms with E-state index in [0.717, 1.165) is 6.42 Å². The van der Waals surface area contributed by atoms with Crippen LogP contribution in [0.4, 0.5) is 5.82 Å². The van der Waals surface area contributed by atoms with Gasteiger partial charge in [0, 0.05) is 12.5 Å². The van der Waals surface area contributed by atoms with Crippen molar-refractivity contribution in [3.8, 4) is 0 Å². The van der Waals surface area contributed by atoms with Gasteiger partial charge >= 0.3 is 0 Å². The van der Waals surface area contributed by atoms with Crippen molar-refractivity contribution >= 4 is 17.0 Å². The highest BCUT2D eigenvalue weighted by molar-refractivity contribution is 5.82. The molecule has 9 heteroatoms. The van der Waals surface area contributed by atoms with Crippen LogP contribution in [-0.2, 0) is 4.74 Å². The summed E-state index contributed by atoms with van der Waals surface area (Å²) in [7, 11) is 0. The largest absolute Gasteiger partial charge is 0.394 e. The van der Waals surface area contributed by atoms with E-state index < -0.39 is 31.1 Å². The Bertz CT molecular complexity index is 1180. The fraction of sp³-hybridized carbons (Fsp3) is 0.320. The third-order valence-electron chi connectivity index (χ3n) is 6.28. The Hall–Kier alpha value is -3.37. The molecule has 0 aliphatic carbocycles. The summed E-state index contributed by atoms with van der Waals surface area (Å²) in [6.07, 6.45) is -0.407. The van der Waals surface area contributed by atoms with Crippen molar-refractivity contribution in [3.05, 3.63) is 84.4 Å². The summed E-state index contributed by atoms with van der Waals surface area (Å²) in [6, 6.07) is 20.8. The zero-order chi connectivity index (χ0) is 23.5. The maximum Gasteiger partial charge on any atom is 0.167 e. The maximum absolute atomic E-state index is 10.4. The minimum atomic E-state index is -1.21. The fourth-order valence-corrected chi connectivity index (χ4v) is 4.51. The number of hydrogen-bond donors (Lipinski definition) is 4. The molecular weight excluding hydrogens is 434 g/mol. The normalized spacial score (nSPS) is 22.5. The van der Waals surface area contributed by atoms with Crippen LogP contribution in [0.15, 0.2) is 73.3 Å². The predicted molar refractivity (Wildman–Crippen MR) is 126 cm³/mol. The Morgan fingerprint density at radius 3 is 2.21 bits per heavy atom. The van der Waals surface area contributed by atoms with Crippen LogP contribution >= 0.6 is 0 Å². The summed E-state index contributed by atoms with van der Waals surface area (Å²) in [4.78, 5) is 13.1. The van der Waals surface area contributed by atoms with Crippen molar-refractivity contribution in [1.29, 1.82) is 0 Å². The van der Waals surface area contributed by atoms with Gasteiger partial charge in [0.2, 0.25) is 0 Å². The van der Waals surface area contributed by atoms with Crippen LogP contribution < -0.4 is 5.32 Å². The number of nitrogens with zero attached hydrogens (tertiary/aromatic N) is 4. The van der Waals surface area contributed by atoms with Gasteiger partial charge in [-0.05, 0) is 17.5 Å². The van der Waals surface area contributed by atoms with Gasteiger partial charge < -0.3 is 25.4 Å². The molecule has 4 aromatic rings. The van der Waals surface area contributed by atoms with Crippen molar-refractivity contribution in [3.63, 3.8) is 0 Å². The van der Waals surface area contributed by atoms with Gasteiger partial charge in [-0.1, -0.05) is 60.7 Å². The van der Waals surface area contributed by atoms with Crippen molar-refractivity contribution in [2.45, 2.75) is 36.9 Å². The van der Waals surface area contributed by atoms with E-state index in [1.807, 2.05) is 12.1 Å². The molecule has 5 rings (SSSR count). The standard InChI is InChI=1S/C25H27N5O4/c31-13-19-21(32)22(33)25(34-19)30-15-29-20-23(27-14-28-24(20)30)26-12-11-18(16-7-3-1-4-8-16)17-9-5-2-6-10-17/h1-10,14-15,18-19,21-22,25,31-33H,11-13H2,(H,26,27,28)/t19-,21-,22-,25?/m1/s1. The highest BCUT2D eigenvalue weighted by atomic mass is 16.6. The van der Waals surface area contributed by atoms with E-state index in [-0.39, 0.29) is 5.92 Å². The first-order valence-corrected chi connectivity index (χ1v) is 11.3. The van der Waals surface area contributed by atoms with Crippen LogP contribution in [0, 0.1) is 0 Å². The van der Waals surface area contributed by atoms with E-state index >= 15 is 0 Å². The second-order valence-corrected chi connectivity index (χ2v) is 8.36. The topological polar surface area (TPSA) is 126 Å². The molecule has 0 bridgehead atoms. The molecule has 4 atom stereocenters. The third-order valence-corrected chi connectivity index (χ3v) is 6.28. The molecule has 1 saturated heterocycles. The van der Waals surface area contributed by atoms with Gasteiger partial charge in [0.05, 0.1) is 12.9 Å². The van der Waals surface area contributed by atoms with Gasteiger partial charge in [-0.3, -0.25) is 4.57 Å². The summed E-state index contributed by atoms with van der Waals surface area (Å²) < 4.78 is 7.19. The van der Waals surface area contributed by atoms with Gasteiger partial charge in [0.15, 0.2) is 23.2 Å². The lowest BCUT2D eigenvalue weighted by Gasteiger charge is -2.19. The van der Waals surface area contributed by atoms with Crippen LogP contribution in [0.3, 0.4) is 0 Å². The van der Waals surface area contributed by atoms with Crippen LogP contribution in [-0.4, -0.2) is 66.3 Å². The third kappa shape index (κ3) is 4.26. The molecule has 1 aliphatic heterocycles. The van der Waals surface area contributed by atoms with Crippen molar-refractivity contribution in [2.24, 2.45) is 0 Å². The molecule has 2 aromatic carbocycles. The van der Waals surface area contributed by atoms with E-state index in [2.05, 4.69) is 68.8 Å². The van der Waals surface area contributed by atoms with Gasteiger partial charge in [-0.25, -0.2) is 15.0 Å². The number of benzene rings is 2. The number of nitrogens with one attached hydrogen (secondary N) is 1. The Morgan fingerprint density at radius 2 is 1.59 bits per heavy atom. The van der Waals surface area contributed by atoms with E-state index in [4.69, 9.17) is 4.74 Å². The van der Waals surface area contributed by atoms with Gasteiger partial charge in [0.1, 0.15) is 24.6 Å². The second kappa shape index (κ2) is 9.86. The first-order valence-electron chi connectivity index (χ1n) is 11.3. The van der Waals surface area contributed by atoms with E-state index in [9.17, 15) is 15.3 Å². The Morgan fingerprint density at radius 1 is 0.912 bits per heavy atom. The lowest BCUT2D eigenvalue weighted by Crippen LogP contribution is -2.33. The number of ether oxygens (including phenoxy) is 1. The highest BCUT2D eigenvalue weighted by Gasteiger charge is 2.44. The summed E-state index contributed by atoms with van der Waals surface area (Å²) >= 11 is 0. The molecule has 3 heterocycles. The zero-order valence-corrected chi connectivity index (χ0v) is 18.5. The average Bonchev–Trinajstić information content (AvgIpc) is 3.44. The van der Waals surface area contributed by atoms with Gasteiger partial charge in [-0.2, -0.15) is 0 Å². The smallest absolute Gasteiger partial charge is 0.167 e. The van der Waals surface area contributed by atoms with Gasteiger partial charge in [0.25, 0.3) is 0 Å². The molecule has 0 radical (unpaired) electrons. The number of aliphatic hydroxyl groups excluding tert-OH is 3. The fourth-order valence-electron chi connectivity index (χ4n) is 4.51. The van der Waals surface area contributed by atoms with Crippen LogP contribution in [0.1, 0.15) is 29.7 Å². The number of imidazole rings is 1. The highest BCUT2D eigenvalue weighted by Crippen LogP contribution is 2.32. The lowest BCUT2D eigenvalue weighted by molar-refractivity contribution is -0.0511. The SMILES string of the molecule is OC[C@H]1OC(n2cnc3c(NCCC(c4ccccc4)c4ccccc4)ncnc32)[C@H](O)[C@@H]1O. The molecule has 0 saturated carbocycles. The number of rotatable bonds is 8. The van der Waals surface area contributed by atoms with Crippen LogP contribution in [0.2, 0.25) is 0 Å². The molecule has 0 spiro atoms.